The Hall–Kier alpha value is -0.990. The summed E-state index contributed by atoms with van der Waals surface area (Å²) in [6, 6.07) is 0. The fraction of sp³-hybridized carbons (Fsp3) is 0.786. The van der Waals surface area contributed by atoms with Crippen LogP contribution < -0.4 is 0 Å². The SMILES string of the molecule is C=C1OCC2C3CC(OC(=O)C(C)C)C(C3)C12. The van der Waals surface area contributed by atoms with Crippen LogP contribution in [0.3, 0.4) is 0 Å². The summed E-state index contributed by atoms with van der Waals surface area (Å²) in [4.78, 5) is 11.7. The smallest absolute Gasteiger partial charge is 0.308 e. The standard InChI is InChI=1S/C14H20O3/c1-7(2)14(15)17-12-5-9-4-10(12)13-8(3)16-6-11(9)13/h7,9-13H,3-6H2,1-2H3. The molecule has 2 aliphatic carbocycles. The van der Waals surface area contributed by atoms with Gasteiger partial charge in [-0.2, -0.15) is 0 Å². The first-order chi connectivity index (χ1) is 8.08. The lowest BCUT2D eigenvalue weighted by atomic mass is 9.79. The summed E-state index contributed by atoms with van der Waals surface area (Å²) in [7, 11) is 0. The molecule has 1 saturated heterocycles. The molecule has 0 amide bonds. The highest BCUT2D eigenvalue weighted by atomic mass is 16.5. The van der Waals surface area contributed by atoms with Crippen LogP contribution in [0.5, 0.6) is 0 Å². The lowest BCUT2D eigenvalue weighted by Crippen LogP contribution is -2.34. The molecule has 2 bridgehead atoms. The molecule has 1 aliphatic heterocycles. The Morgan fingerprint density at radius 2 is 2.18 bits per heavy atom. The van der Waals surface area contributed by atoms with Gasteiger partial charge in [0.2, 0.25) is 0 Å². The third-order valence-electron chi connectivity index (χ3n) is 4.69. The molecule has 3 nitrogen and oxygen atoms in total. The van der Waals surface area contributed by atoms with Crippen molar-refractivity contribution < 1.29 is 14.3 Å². The van der Waals surface area contributed by atoms with Crippen molar-refractivity contribution in [2.45, 2.75) is 32.8 Å². The summed E-state index contributed by atoms with van der Waals surface area (Å²) < 4.78 is 11.2. The zero-order chi connectivity index (χ0) is 12.2. The van der Waals surface area contributed by atoms with Gasteiger partial charge in [0.1, 0.15) is 6.10 Å². The minimum absolute atomic E-state index is 0.0343. The van der Waals surface area contributed by atoms with Crippen molar-refractivity contribution >= 4 is 5.97 Å². The topological polar surface area (TPSA) is 35.5 Å². The van der Waals surface area contributed by atoms with E-state index in [0.29, 0.717) is 23.7 Å². The van der Waals surface area contributed by atoms with Crippen LogP contribution in [0.4, 0.5) is 0 Å². The van der Waals surface area contributed by atoms with E-state index in [-0.39, 0.29) is 18.0 Å². The maximum atomic E-state index is 11.7. The van der Waals surface area contributed by atoms with Crippen LogP contribution >= 0.6 is 0 Å². The number of rotatable bonds is 2. The minimum atomic E-state index is -0.0661. The molecule has 3 rings (SSSR count). The normalized spacial score (nSPS) is 42.8. The number of fused-ring (bicyclic) bond motifs is 5. The molecule has 17 heavy (non-hydrogen) atoms. The van der Waals surface area contributed by atoms with Crippen LogP contribution in [-0.4, -0.2) is 18.7 Å². The van der Waals surface area contributed by atoms with Gasteiger partial charge in [-0.25, -0.2) is 0 Å². The monoisotopic (exact) mass is 236 g/mol. The van der Waals surface area contributed by atoms with E-state index >= 15 is 0 Å². The van der Waals surface area contributed by atoms with Gasteiger partial charge in [0.25, 0.3) is 0 Å². The quantitative estimate of drug-likeness (QED) is 0.690. The van der Waals surface area contributed by atoms with Crippen LogP contribution in [0.2, 0.25) is 0 Å². The molecule has 3 fully saturated rings. The Balaban J connectivity index is 1.71. The molecular formula is C14H20O3. The maximum absolute atomic E-state index is 11.7. The van der Waals surface area contributed by atoms with Crippen LogP contribution in [0.1, 0.15) is 26.7 Å². The lowest BCUT2D eigenvalue weighted by Gasteiger charge is -2.30. The number of hydrogen-bond donors (Lipinski definition) is 0. The Bertz CT molecular complexity index is 360. The zero-order valence-electron chi connectivity index (χ0n) is 10.5. The summed E-state index contributed by atoms with van der Waals surface area (Å²) in [5.74, 6) is 3.04. The summed E-state index contributed by atoms with van der Waals surface area (Å²) in [6.07, 6.45) is 2.32. The van der Waals surface area contributed by atoms with Crippen molar-refractivity contribution in [3.63, 3.8) is 0 Å². The van der Waals surface area contributed by atoms with Crippen molar-refractivity contribution in [1.82, 2.24) is 0 Å². The minimum Gasteiger partial charge on any atom is -0.498 e. The first-order valence-electron chi connectivity index (χ1n) is 6.60. The van der Waals surface area contributed by atoms with Gasteiger partial charge < -0.3 is 9.47 Å². The highest BCUT2D eigenvalue weighted by molar-refractivity contribution is 5.71. The van der Waals surface area contributed by atoms with Crippen LogP contribution in [0.25, 0.3) is 0 Å². The largest absolute Gasteiger partial charge is 0.498 e. The van der Waals surface area contributed by atoms with Gasteiger partial charge in [-0.15, -0.1) is 0 Å². The number of carbonyl (C=O) groups is 1. The van der Waals surface area contributed by atoms with E-state index in [9.17, 15) is 4.79 Å². The van der Waals surface area contributed by atoms with Gasteiger partial charge in [-0.1, -0.05) is 20.4 Å². The number of ether oxygens (including phenoxy) is 2. The van der Waals surface area contributed by atoms with E-state index in [1.807, 2.05) is 13.8 Å². The van der Waals surface area contributed by atoms with Crippen molar-refractivity contribution in [1.29, 1.82) is 0 Å². The molecule has 2 saturated carbocycles. The van der Waals surface area contributed by atoms with Crippen molar-refractivity contribution in [2.24, 2.45) is 29.6 Å². The number of allylic oxidation sites excluding steroid dienone is 1. The van der Waals surface area contributed by atoms with Crippen molar-refractivity contribution in [3.8, 4) is 0 Å². The fourth-order valence-corrected chi connectivity index (χ4v) is 3.85. The average molecular weight is 236 g/mol. The third-order valence-corrected chi connectivity index (χ3v) is 4.69. The zero-order valence-corrected chi connectivity index (χ0v) is 10.5. The van der Waals surface area contributed by atoms with Gasteiger partial charge in [-0.3, -0.25) is 4.79 Å². The van der Waals surface area contributed by atoms with E-state index in [1.165, 1.54) is 6.42 Å². The van der Waals surface area contributed by atoms with Crippen LogP contribution in [-0.2, 0) is 14.3 Å². The number of esters is 1. The molecule has 0 aromatic carbocycles. The van der Waals surface area contributed by atoms with Gasteiger partial charge in [0, 0.05) is 17.8 Å². The summed E-state index contributed by atoms with van der Waals surface area (Å²) >= 11 is 0. The van der Waals surface area contributed by atoms with Crippen molar-refractivity contribution in [3.05, 3.63) is 12.3 Å². The lowest BCUT2D eigenvalue weighted by molar-refractivity contribution is -0.156. The molecule has 0 radical (unpaired) electrons. The van der Waals surface area contributed by atoms with Gasteiger partial charge in [0.15, 0.2) is 0 Å². The second-order valence-corrected chi connectivity index (χ2v) is 5.99. The van der Waals surface area contributed by atoms with E-state index in [2.05, 4.69) is 6.58 Å². The second kappa shape index (κ2) is 3.76. The van der Waals surface area contributed by atoms with E-state index in [0.717, 1.165) is 18.8 Å². The van der Waals surface area contributed by atoms with E-state index < -0.39 is 0 Å². The Kier molecular flexibility index (Phi) is 2.46. The van der Waals surface area contributed by atoms with Gasteiger partial charge in [-0.05, 0) is 18.8 Å². The summed E-state index contributed by atoms with van der Waals surface area (Å²) in [5.41, 5.74) is 0. The molecule has 3 aliphatic rings. The molecule has 3 heteroatoms. The summed E-state index contributed by atoms with van der Waals surface area (Å²) in [6.45, 7) is 8.60. The predicted octanol–water partition coefficient (Wildman–Crippen LogP) is 2.37. The van der Waals surface area contributed by atoms with Gasteiger partial charge in [0.05, 0.1) is 18.3 Å². The van der Waals surface area contributed by atoms with E-state index in [1.54, 1.807) is 0 Å². The maximum Gasteiger partial charge on any atom is 0.308 e. The highest BCUT2D eigenvalue weighted by Crippen LogP contribution is 2.58. The molecule has 1 heterocycles. The Labute approximate surface area is 102 Å². The third kappa shape index (κ3) is 1.59. The Morgan fingerprint density at radius 1 is 1.41 bits per heavy atom. The molecule has 5 atom stereocenters. The summed E-state index contributed by atoms with van der Waals surface area (Å²) in [5, 5.41) is 0. The molecular weight excluding hydrogens is 216 g/mol. The van der Waals surface area contributed by atoms with Crippen LogP contribution in [0.15, 0.2) is 12.3 Å². The first kappa shape index (κ1) is 11.1. The molecule has 0 aromatic rings. The van der Waals surface area contributed by atoms with Crippen LogP contribution in [0, 0.1) is 29.6 Å². The molecule has 0 aromatic heterocycles. The average Bonchev–Trinajstić information content (AvgIpc) is 2.91. The predicted molar refractivity (Wildman–Crippen MR) is 63.0 cm³/mol. The fourth-order valence-electron chi connectivity index (χ4n) is 3.85. The first-order valence-corrected chi connectivity index (χ1v) is 6.60. The van der Waals surface area contributed by atoms with E-state index in [4.69, 9.17) is 9.47 Å². The number of carbonyl (C=O) groups excluding carboxylic acids is 1. The highest BCUT2D eigenvalue weighted by Gasteiger charge is 2.58. The van der Waals surface area contributed by atoms with Gasteiger partial charge >= 0.3 is 5.97 Å². The molecule has 0 spiro atoms. The Morgan fingerprint density at radius 3 is 2.88 bits per heavy atom. The molecule has 94 valence electrons. The molecule has 0 N–H and O–H groups in total. The second-order valence-electron chi connectivity index (χ2n) is 5.99. The number of hydrogen-bond acceptors (Lipinski definition) is 3. The molecule has 5 unspecified atom stereocenters. The van der Waals surface area contributed by atoms with Crippen molar-refractivity contribution in [2.75, 3.05) is 6.61 Å².